The molecule has 1 saturated heterocycles. The molecule has 3 N–H and O–H groups in total. The molecule has 134 valence electrons. The normalized spacial score (nSPS) is 14.8. The highest BCUT2D eigenvalue weighted by molar-refractivity contribution is 6.31. The summed E-state index contributed by atoms with van der Waals surface area (Å²) < 4.78 is 5.17. The first kappa shape index (κ1) is 20.5. The molecule has 2 rings (SSSR count). The van der Waals surface area contributed by atoms with Crippen LogP contribution in [0.5, 0.6) is 5.75 Å². The molecule has 0 saturated carbocycles. The summed E-state index contributed by atoms with van der Waals surface area (Å²) in [4.78, 5) is 23.9. The van der Waals surface area contributed by atoms with Gasteiger partial charge in [0.1, 0.15) is 5.75 Å². The van der Waals surface area contributed by atoms with Crippen molar-refractivity contribution in [3.63, 3.8) is 0 Å². The Morgan fingerprint density at radius 1 is 1.42 bits per heavy atom. The first-order valence-electron chi connectivity index (χ1n) is 7.63. The van der Waals surface area contributed by atoms with Crippen LogP contribution in [0.2, 0.25) is 5.02 Å². The molecule has 0 aliphatic carbocycles. The predicted octanol–water partition coefficient (Wildman–Crippen LogP) is 2.07. The lowest BCUT2D eigenvalue weighted by molar-refractivity contribution is -0.126. The number of benzene rings is 1. The first-order valence-corrected chi connectivity index (χ1v) is 8.01. The number of hydrogen-bond donors (Lipinski definition) is 3. The number of rotatable bonds is 7. The highest BCUT2D eigenvalue weighted by Crippen LogP contribution is 2.27. The van der Waals surface area contributed by atoms with E-state index in [2.05, 4.69) is 16.0 Å². The van der Waals surface area contributed by atoms with Crippen molar-refractivity contribution in [1.29, 1.82) is 0 Å². The third-order valence-electron chi connectivity index (χ3n) is 4.02. The minimum Gasteiger partial charge on any atom is -0.495 e. The molecule has 24 heavy (non-hydrogen) atoms. The van der Waals surface area contributed by atoms with Gasteiger partial charge >= 0.3 is 0 Å². The molecule has 1 aliphatic rings. The van der Waals surface area contributed by atoms with Crippen molar-refractivity contribution in [2.45, 2.75) is 13.3 Å². The average Bonchev–Trinajstić information content (AvgIpc) is 2.45. The number of amides is 2. The summed E-state index contributed by atoms with van der Waals surface area (Å²) in [6.07, 6.45) is 0.192. The van der Waals surface area contributed by atoms with E-state index >= 15 is 0 Å². The monoisotopic (exact) mass is 375 g/mol. The summed E-state index contributed by atoms with van der Waals surface area (Å²) in [5, 5.41) is 9.20. The van der Waals surface area contributed by atoms with Crippen molar-refractivity contribution in [3.05, 3.63) is 23.2 Å². The van der Waals surface area contributed by atoms with Gasteiger partial charge in [0.05, 0.1) is 12.8 Å². The highest BCUT2D eigenvalue weighted by atomic mass is 35.5. The fraction of sp³-hybridized carbons (Fsp3) is 0.500. The maximum atomic E-state index is 12.0. The van der Waals surface area contributed by atoms with Crippen LogP contribution in [0.3, 0.4) is 0 Å². The van der Waals surface area contributed by atoms with Gasteiger partial charge in [0, 0.05) is 23.9 Å². The van der Waals surface area contributed by atoms with E-state index in [9.17, 15) is 9.59 Å². The van der Waals surface area contributed by atoms with Crippen molar-refractivity contribution < 1.29 is 14.3 Å². The van der Waals surface area contributed by atoms with Crippen LogP contribution >= 0.6 is 24.0 Å². The Hall–Kier alpha value is -1.50. The lowest BCUT2D eigenvalue weighted by atomic mass is 9.88. The van der Waals surface area contributed by atoms with Crippen LogP contribution in [0.15, 0.2) is 18.2 Å². The smallest absolute Gasteiger partial charge is 0.226 e. The summed E-state index contributed by atoms with van der Waals surface area (Å²) in [6, 6.07) is 5.00. The van der Waals surface area contributed by atoms with E-state index in [4.69, 9.17) is 16.3 Å². The molecule has 0 aromatic heterocycles. The van der Waals surface area contributed by atoms with Crippen molar-refractivity contribution in [2.75, 3.05) is 32.1 Å². The van der Waals surface area contributed by atoms with Crippen LogP contribution in [0, 0.1) is 11.8 Å². The maximum Gasteiger partial charge on any atom is 0.226 e. The standard InChI is InChI=1S/C16H22ClN3O3.ClH/c1-10(11-8-18-9-11)16(22)19-6-5-15(21)20-13-7-12(17)3-4-14(13)23-2;/h3-4,7,10-11,18H,5-6,8-9H2,1-2H3,(H,19,22)(H,20,21);1H. The lowest BCUT2D eigenvalue weighted by Gasteiger charge is -2.31. The van der Waals surface area contributed by atoms with E-state index in [1.807, 2.05) is 6.92 Å². The zero-order valence-corrected chi connectivity index (χ0v) is 15.3. The Bertz CT molecular complexity index is 580. The minimum atomic E-state index is -0.205. The van der Waals surface area contributed by atoms with Crippen LogP contribution in [0.1, 0.15) is 13.3 Å². The third-order valence-corrected chi connectivity index (χ3v) is 4.26. The topological polar surface area (TPSA) is 79.5 Å². The summed E-state index contributed by atoms with van der Waals surface area (Å²) in [5.74, 6) is 0.679. The number of anilines is 1. The van der Waals surface area contributed by atoms with E-state index in [0.29, 0.717) is 28.9 Å². The quantitative estimate of drug-likeness (QED) is 0.681. The van der Waals surface area contributed by atoms with E-state index in [-0.39, 0.29) is 36.6 Å². The van der Waals surface area contributed by atoms with Crippen molar-refractivity contribution in [1.82, 2.24) is 10.6 Å². The van der Waals surface area contributed by atoms with Gasteiger partial charge in [-0.3, -0.25) is 9.59 Å². The van der Waals surface area contributed by atoms with Gasteiger partial charge in [-0.15, -0.1) is 12.4 Å². The summed E-state index contributed by atoms with van der Waals surface area (Å²) in [7, 11) is 1.52. The molecule has 0 bridgehead atoms. The Morgan fingerprint density at radius 2 is 2.12 bits per heavy atom. The molecule has 0 spiro atoms. The molecule has 1 fully saturated rings. The number of carbonyl (C=O) groups excluding carboxylic acids is 2. The molecule has 1 aromatic rings. The third kappa shape index (κ3) is 5.54. The molecule has 6 nitrogen and oxygen atoms in total. The largest absolute Gasteiger partial charge is 0.495 e. The first-order chi connectivity index (χ1) is 11.0. The van der Waals surface area contributed by atoms with Crippen molar-refractivity contribution in [3.8, 4) is 5.75 Å². The molecule has 1 aliphatic heterocycles. The molecule has 1 heterocycles. The molecular formula is C16H23Cl2N3O3. The number of carbonyl (C=O) groups is 2. The number of halogens is 2. The number of nitrogens with one attached hydrogen (secondary N) is 3. The highest BCUT2D eigenvalue weighted by Gasteiger charge is 2.28. The minimum absolute atomic E-state index is 0. The van der Waals surface area contributed by atoms with Gasteiger partial charge in [-0.2, -0.15) is 0 Å². The second-order valence-electron chi connectivity index (χ2n) is 5.64. The molecule has 2 amide bonds. The maximum absolute atomic E-state index is 12.0. The Morgan fingerprint density at radius 3 is 2.71 bits per heavy atom. The van der Waals surface area contributed by atoms with Gasteiger partial charge in [-0.25, -0.2) is 0 Å². The summed E-state index contributed by atoms with van der Waals surface area (Å²) >= 11 is 5.92. The summed E-state index contributed by atoms with van der Waals surface area (Å²) in [5.41, 5.74) is 0.519. The van der Waals surface area contributed by atoms with Gasteiger partial charge in [-0.05, 0) is 37.2 Å². The van der Waals surface area contributed by atoms with E-state index in [1.54, 1.807) is 18.2 Å². The molecular weight excluding hydrogens is 353 g/mol. The lowest BCUT2D eigenvalue weighted by Crippen LogP contribution is -2.49. The van der Waals surface area contributed by atoms with Crippen LogP contribution < -0.4 is 20.7 Å². The van der Waals surface area contributed by atoms with E-state index < -0.39 is 0 Å². The second-order valence-corrected chi connectivity index (χ2v) is 6.08. The zero-order valence-electron chi connectivity index (χ0n) is 13.7. The van der Waals surface area contributed by atoms with E-state index in [0.717, 1.165) is 13.1 Å². The van der Waals surface area contributed by atoms with Crippen molar-refractivity contribution in [2.24, 2.45) is 11.8 Å². The number of methoxy groups -OCH3 is 1. The van der Waals surface area contributed by atoms with Gasteiger partial charge < -0.3 is 20.7 Å². The van der Waals surface area contributed by atoms with Gasteiger partial charge in [0.25, 0.3) is 0 Å². The molecule has 1 atom stereocenters. The number of ether oxygens (including phenoxy) is 1. The molecule has 1 aromatic carbocycles. The van der Waals surface area contributed by atoms with Crippen molar-refractivity contribution >= 4 is 41.5 Å². The second kappa shape index (κ2) is 9.71. The average molecular weight is 376 g/mol. The fourth-order valence-corrected chi connectivity index (χ4v) is 2.50. The predicted molar refractivity (Wildman–Crippen MR) is 97.0 cm³/mol. The Balaban J connectivity index is 0.00000288. The Labute approximate surface area is 153 Å². The van der Waals surface area contributed by atoms with Gasteiger partial charge in [0.15, 0.2) is 0 Å². The molecule has 8 heteroatoms. The van der Waals surface area contributed by atoms with Crippen LogP contribution in [-0.2, 0) is 9.59 Å². The number of hydrogen-bond acceptors (Lipinski definition) is 4. The SMILES string of the molecule is COc1ccc(Cl)cc1NC(=O)CCNC(=O)C(C)C1CNC1.Cl. The van der Waals surface area contributed by atoms with Crippen LogP contribution in [0.25, 0.3) is 0 Å². The fourth-order valence-electron chi connectivity index (χ4n) is 2.33. The summed E-state index contributed by atoms with van der Waals surface area (Å²) in [6.45, 7) is 3.98. The van der Waals surface area contributed by atoms with Crippen LogP contribution in [-0.4, -0.2) is 38.6 Å². The Kier molecular flexibility index (Phi) is 8.31. The molecule has 0 radical (unpaired) electrons. The van der Waals surface area contributed by atoms with Crippen LogP contribution in [0.4, 0.5) is 5.69 Å². The molecule has 1 unspecified atom stereocenters. The van der Waals surface area contributed by atoms with E-state index in [1.165, 1.54) is 7.11 Å². The zero-order chi connectivity index (χ0) is 16.8. The van der Waals surface area contributed by atoms with Gasteiger partial charge in [0.2, 0.25) is 11.8 Å². The van der Waals surface area contributed by atoms with Gasteiger partial charge in [-0.1, -0.05) is 18.5 Å².